The highest BCUT2D eigenvalue weighted by atomic mass is 79.9. The molecule has 5 nitrogen and oxygen atoms in total. The van der Waals surface area contributed by atoms with Crippen molar-refractivity contribution in [3.05, 3.63) is 58.2 Å². The van der Waals surface area contributed by atoms with Crippen LogP contribution in [0.1, 0.15) is 23.7 Å². The van der Waals surface area contributed by atoms with Gasteiger partial charge in [0.2, 0.25) is 0 Å². The molecule has 0 aliphatic carbocycles. The van der Waals surface area contributed by atoms with E-state index in [2.05, 4.69) is 22.0 Å². The zero-order valence-corrected chi connectivity index (χ0v) is 16.9. The molecule has 0 spiro atoms. The van der Waals surface area contributed by atoms with Gasteiger partial charge in [-0.15, -0.1) is 0 Å². The molecule has 0 saturated heterocycles. The molecule has 3 aromatic rings. The van der Waals surface area contributed by atoms with Crippen LogP contribution in [-0.2, 0) is 5.75 Å². The topological polar surface area (TPSA) is 87.0 Å². The highest BCUT2D eigenvalue weighted by Gasteiger charge is 2.17. The first-order valence-electron chi connectivity index (χ1n) is 8.30. The molecule has 0 radical (unpaired) electrons. The number of ether oxygens (including phenoxy) is 1. The second kappa shape index (κ2) is 8.81. The molecule has 4 N–H and O–H groups in total. The number of methoxy groups -OCH3 is 1. The molecule has 1 heterocycles. The minimum atomic E-state index is -0.232. The Morgan fingerprint density at radius 1 is 1.15 bits per heavy atom. The van der Waals surface area contributed by atoms with Crippen LogP contribution >= 0.6 is 27.7 Å². The summed E-state index contributed by atoms with van der Waals surface area (Å²) >= 11 is 5.13. The minimum Gasteiger partial charge on any atom is -0.496 e. The normalized spacial score (nSPS) is 12.3. The lowest BCUT2D eigenvalue weighted by Gasteiger charge is -2.15. The molecule has 1 atom stereocenters. The number of hydrogen-bond donors (Lipinski definition) is 2. The maximum absolute atomic E-state index is 6.32. The van der Waals surface area contributed by atoms with Gasteiger partial charge in [-0.3, -0.25) is 0 Å². The van der Waals surface area contributed by atoms with Crippen molar-refractivity contribution in [2.75, 3.05) is 13.7 Å². The number of thioether (sulfide) groups is 1. The summed E-state index contributed by atoms with van der Waals surface area (Å²) in [7, 11) is 1.68. The molecule has 0 aliphatic rings. The molecule has 3 rings (SSSR count). The van der Waals surface area contributed by atoms with E-state index in [0.717, 1.165) is 37.5 Å². The van der Waals surface area contributed by atoms with Crippen LogP contribution in [0.15, 0.2) is 52.0 Å². The van der Waals surface area contributed by atoms with Gasteiger partial charge in [-0.1, -0.05) is 39.8 Å². The molecule has 0 fully saturated rings. The van der Waals surface area contributed by atoms with Gasteiger partial charge in [-0.05, 0) is 43.3 Å². The van der Waals surface area contributed by atoms with Crippen molar-refractivity contribution in [2.24, 2.45) is 11.5 Å². The Hall–Kier alpha value is -1.67. The monoisotopic (exact) mass is 432 g/mol. The van der Waals surface area contributed by atoms with E-state index in [0.29, 0.717) is 18.7 Å². The Balaban J connectivity index is 1.95. The zero-order valence-electron chi connectivity index (χ0n) is 14.5. The molecule has 136 valence electrons. The van der Waals surface area contributed by atoms with Crippen LogP contribution in [0.4, 0.5) is 0 Å². The van der Waals surface area contributed by atoms with Gasteiger partial charge < -0.3 is 16.2 Å². The summed E-state index contributed by atoms with van der Waals surface area (Å²) in [6.45, 7) is 0.513. The highest BCUT2D eigenvalue weighted by molar-refractivity contribution is 9.10. The van der Waals surface area contributed by atoms with Crippen LogP contribution in [0.3, 0.4) is 0 Å². The van der Waals surface area contributed by atoms with E-state index >= 15 is 0 Å². The average Bonchev–Trinajstić information content (AvgIpc) is 2.66. The number of hydrogen-bond acceptors (Lipinski definition) is 6. The van der Waals surface area contributed by atoms with Gasteiger partial charge in [0.25, 0.3) is 0 Å². The minimum absolute atomic E-state index is 0.232. The predicted octanol–water partition coefficient (Wildman–Crippen LogP) is 4.04. The number of rotatable bonds is 7. The molecule has 0 amide bonds. The lowest BCUT2D eigenvalue weighted by atomic mass is 10.1. The predicted molar refractivity (Wildman–Crippen MR) is 110 cm³/mol. The van der Waals surface area contributed by atoms with Gasteiger partial charge in [-0.25, -0.2) is 9.97 Å². The number of aromatic nitrogens is 2. The van der Waals surface area contributed by atoms with Crippen LogP contribution < -0.4 is 16.2 Å². The summed E-state index contributed by atoms with van der Waals surface area (Å²) in [5.74, 6) is 1.56. The Bertz CT molecular complexity index is 906. The average molecular weight is 433 g/mol. The third-order valence-electron chi connectivity index (χ3n) is 4.00. The smallest absolute Gasteiger partial charge is 0.122 e. The molecular weight excluding hydrogens is 412 g/mol. The second-order valence-electron chi connectivity index (χ2n) is 5.83. The fourth-order valence-electron chi connectivity index (χ4n) is 2.67. The quantitative estimate of drug-likeness (QED) is 0.547. The highest BCUT2D eigenvalue weighted by Crippen LogP contribution is 2.33. The molecule has 26 heavy (non-hydrogen) atoms. The van der Waals surface area contributed by atoms with Gasteiger partial charge in [0.05, 0.1) is 29.9 Å². The van der Waals surface area contributed by atoms with Crippen molar-refractivity contribution in [3.63, 3.8) is 0 Å². The summed E-state index contributed by atoms with van der Waals surface area (Å²) in [6, 6.07) is 13.6. The molecule has 1 unspecified atom stereocenters. The van der Waals surface area contributed by atoms with Crippen LogP contribution in [-0.4, -0.2) is 23.6 Å². The molecule has 0 aliphatic heterocycles. The molecule has 0 saturated carbocycles. The SMILES string of the molecule is COc1ccc(Br)cc1CSc1nc2ccccc2nc1C(N)CCN. The summed E-state index contributed by atoms with van der Waals surface area (Å²) in [6.07, 6.45) is 0.667. The Morgan fingerprint density at radius 3 is 2.58 bits per heavy atom. The summed E-state index contributed by atoms with van der Waals surface area (Å²) in [5, 5.41) is 0.840. The van der Waals surface area contributed by atoms with E-state index in [9.17, 15) is 0 Å². The summed E-state index contributed by atoms with van der Waals surface area (Å²) < 4.78 is 6.48. The van der Waals surface area contributed by atoms with Gasteiger partial charge in [0, 0.05) is 15.8 Å². The van der Waals surface area contributed by atoms with Gasteiger partial charge >= 0.3 is 0 Å². The fraction of sp³-hybridized carbons (Fsp3) is 0.263. The lowest BCUT2D eigenvalue weighted by molar-refractivity contribution is 0.411. The van der Waals surface area contributed by atoms with E-state index in [4.69, 9.17) is 26.2 Å². The number of para-hydroxylation sites is 2. The molecular formula is C19H21BrN4OS. The molecule has 0 bridgehead atoms. The van der Waals surface area contributed by atoms with Crippen molar-refractivity contribution < 1.29 is 4.74 Å². The number of nitrogens with two attached hydrogens (primary N) is 2. The summed E-state index contributed by atoms with van der Waals surface area (Å²) in [4.78, 5) is 9.56. The van der Waals surface area contributed by atoms with E-state index in [1.54, 1.807) is 18.9 Å². The Kier molecular flexibility index (Phi) is 6.48. The van der Waals surface area contributed by atoms with Crippen LogP contribution in [0, 0.1) is 0 Å². The number of halogens is 1. The number of benzene rings is 2. The summed E-state index contributed by atoms with van der Waals surface area (Å²) in [5.41, 5.74) is 15.6. The van der Waals surface area contributed by atoms with Crippen molar-refractivity contribution in [1.29, 1.82) is 0 Å². The van der Waals surface area contributed by atoms with Crippen LogP contribution in [0.5, 0.6) is 5.75 Å². The zero-order chi connectivity index (χ0) is 18.5. The van der Waals surface area contributed by atoms with Crippen molar-refractivity contribution in [1.82, 2.24) is 9.97 Å². The lowest BCUT2D eigenvalue weighted by Crippen LogP contribution is -2.18. The molecule has 2 aromatic carbocycles. The van der Waals surface area contributed by atoms with E-state index < -0.39 is 0 Å². The van der Waals surface area contributed by atoms with Crippen molar-refractivity contribution in [2.45, 2.75) is 23.2 Å². The molecule has 1 aromatic heterocycles. The first-order valence-corrected chi connectivity index (χ1v) is 10.1. The molecule has 7 heteroatoms. The van der Waals surface area contributed by atoms with Crippen LogP contribution in [0.2, 0.25) is 0 Å². The fourth-order valence-corrected chi connectivity index (χ4v) is 4.10. The standard InChI is InChI=1S/C19H21BrN4OS/c1-25-17-7-6-13(20)10-12(17)11-26-19-18(14(22)8-9-21)23-15-4-2-3-5-16(15)24-19/h2-7,10,14H,8-9,11,21-22H2,1H3. The van der Waals surface area contributed by atoms with E-state index in [-0.39, 0.29) is 6.04 Å². The van der Waals surface area contributed by atoms with E-state index in [1.165, 1.54) is 0 Å². The van der Waals surface area contributed by atoms with Crippen LogP contribution in [0.25, 0.3) is 11.0 Å². The maximum atomic E-state index is 6.32. The van der Waals surface area contributed by atoms with Crippen molar-refractivity contribution >= 4 is 38.7 Å². The number of nitrogens with zero attached hydrogens (tertiary/aromatic N) is 2. The number of fused-ring (bicyclic) bond motifs is 1. The first-order chi connectivity index (χ1) is 12.6. The maximum Gasteiger partial charge on any atom is 0.122 e. The Labute approximate surface area is 165 Å². The largest absolute Gasteiger partial charge is 0.496 e. The van der Waals surface area contributed by atoms with Gasteiger partial charge in [0.1, 0.15) is 10.8 Å². The third kappa shape index (κ3) is 4.35. The Morgan fingerprint density at radius 2 is 1.88 bits per heavy atom. The van der Waals surface area contributed by atoms with Gasteiger partial charge in [0.15, 0.2) is 0 Å². The van der Waals surface area contributed by atoms with Gasteiger partial charge in [-0.2, -0.15) is 0 Å². The first kappa shape index (κ1) is 19.1. The second-order valence-corrected chi connectivity index (χ2v) is 7.71. The van der Waals surface area contributed by atoms with E-state index in [1.807, 2.05) is 36.4 Å². The third-order valence-corrected chi connectivity index (χ3v) is 5.52. The van der Waals surface area contributed by atoms with Crippen molar-refractivity contribution in [3.8, 4) is 5.75 Å².